The van der Waals surface area contributed by atoms with E-state index in [-0.39, 0.29) is 19.4 Å². The average molecular weight is 762 g/mol. The Kier molecular flexibility index (Phi) is 35.0. The van der Waals surface area contributed by atoms with Crippen molar-refractivity contribution in [2.75, 3.05) is 19.8 Å². The zero-order chi connectivity index (χ0) is 38.5. The van der Waals surface area contributed by atoms with Gasteiger partial charge in [-0.3, -0.25) is 23.4 Å². The van der Waals surface area contributed by atoms with E-state index in [9.17, 15) is 23.8 Å². The Bertz CT molecular complexity index is 947. The number of hydrogen-bond acceptors (Lipinski definition) is 9. The van der Waals surface area contributed by atoms with Crippen molar-refractivity contribution in [3.63, 3.8) is 0 Å². The van der Waals surface area contributed by atoms with Crippen LogP contribution in [0.5, 0.6) is 0 Å². The van der Waals surface area contributed by atoms with Crippen molar-refractivity contribution in [2.45, 2.75) is 206 Å². The van der Waals surface area contributed by atoms with Crippen molar-refractivity contribution in [2.24, 2.45) is 5.73 Å². The summed E-state index contributed by atoms with van der Waals surface area (Å²) >= 11 is 0. The van der Waals surface area contributed by atoms with Crippen LogP contribution in [0.15, 0.2) is 12.2 Å². The second-order valence-corrected chi connectivity index (χ2v) is 15.6. The molecule has 0 saturated carbocycles. The highest BCUT2D eigenvalue weighted by Gasteiger charge is 2.28. The van der Waals surface area contributed by atoms with Crippen LogP contribution < -0.4 is 5.73 Å². The minimum absolute atomic E-state index is 0.155. The van der Waals surface area contributed by atoms with Crippen LogP contribution in [0.1, 0.15) is 194 Å². The molecule has 0 aliphatic rings. The summed E-state index contributed by atoms with van der Waals surface area (Å²) in [4.78, 5) is 45.8. The van der Waals surface area contributed by atoms with Crippen molar-refractivity contribution in [1.82, 2.24) is 0 Å². The number of carbonyl (C=O) groups excluding carboxylic acids is 2. The maximum atomic E-state index is 12.6. The molecular weight excluding hydrogens is 685 g/mol. The topological polar surface area (TPSA) is 172 Å². The summed E-state index contributed by atoms with van der Waals surface area (Å²) in [5, 5.41) is 8.87. The number of hydrogen-bond donors (Lipinski definition) is 3. The number of phosphoric ester groups is 1. The van der Waals surface area contributed by atoms with E-state index in [1.807, 2.05) is 0 Å². The van der Waals surface area contributed by atoms with Gasteiger partial charge < -0.3 is 25.2 Å². The number of nitrogens with two attached hydrogens (primary N) is 1. The fourth-order valence-electron chi connectivity index (χ4n) is 5.71. The first kappa shape index (κ1) is 50.2. The Hall–Kier alpha value is -1.78. The summed E-state index contributed by atoms with van der Waals surface area (Å²) in [6.07, 6.45) is 34.2. The lowest BCUT2D eigenvalue weighted by molar-refractivity contribution is -0.161. The molecule has 0 spiro atoms. The molecule has 52 heavy (non-hydrogen) atoms. The van der Waals surface area contributed by atoms with E-state index in [4.69, 9.17) is 24.8 Å². The lowest BCUT2D eigenvalue weighted by Crippen LogP contribution is -2.34. The quantitative estimate of drug-likeness (QED) is 0.0235. The molecule has 0 amide bonds. The number of rotatable bonds is 39. The lowest BCUT2D eigenvalue weighted by atomic mass is 10.0. The molecule has 1 unspecified atom stereocenters. The number of esters is 2. The van der Waals surface area contributed by atoms with Crippen molar-refractivity contribution < 1.29 is 47.5 Å². The predicted octanol–water partition coefficient (Wildman–Crippen LogP) is 10.5. The Morgan fingerprint density at radius 3 is 1.40 bits per heavy atom. The Morgan fingerprint density at radius 2 is 0.962 bits per heavy atom. The molecule has 0 saturated heterocycles. The van der Waals surface area contributed by atoms with Crippen LogP contribution in [0.25, 0.3) is 0 Å². The molecule has 0 bridgehead atoms. The number of ether oxygens (including phenoxy) is 2. The number of phosphoric acid groups is 1. The zero-order valence-electron chi connectivity index (χ0n) is 32.9. The van der Waals surface area contributed by atoms with Crippen molar-refractivity contribution in [3.05, 3.63) is 12.2 Å². The molecule has 0 aliphatic heterocycles. The first-order valence-corrected chi connectivity index (χ1v) is 22.2. The van der Waals surface area contributed by atoms with Gasteiger partial charge >= 0.3 is 25.7 Å². The van der Waals surface area contributed by atoms with Gasteiger partial charge in [0.15, 0.2) is 6.10 Å². The third-order valence-electron chi connectivity index (χ3n) is 9.01. The van der Waals surface area contributed by atoms with Crippen LogP contribution in [0.2, 0.25) is 0 Å². The minimum atomic E-state index is -4.71. The molecule has 11 nitrogen and oxygen atoms in total. The summed E-state index contributed by atoms with van der Waals surface area (Å²) in [7, 11) is -4.71. The van der Waals surface area contributed by atoms with Crippen molar-refractivity contribution in [1.29, 1.82) is 0 Å². The van der Waals surface area contributed by atoms with E-state index in [0.29, 0.717) is 12.8 Å². The number of carboxylic acid groups (broad SMARTS) is 1. The van der Waals surface area contributed by atoms with E-state index in [1.54, 1.807) is 0 Å². The predicted molar refractivity (Wildman–Crippen MR) is 208 cm³/mol. The van der Waals surface area contributed by atoms with Crippen molar-refractivity contribution in [3.8, 4) is 0 Å². The molecule has 306 valence electrons. The monoisotopic (exact) mass is 762 g/mol. The summed E-state index contributed by atoms with van der Waals surface area (Å²) in [6.45, 7) is 2.79. The molecule has 12 heteroatoms. The van der Waals surface area contributed by atoms with E-state index in [0.717, 1.165) is 57.8 Å². The SMILES string of the molecule is CCCCCCCC/C=C\CCCCCCCC(=O)O[C@@H](COC(=O)CCCCCCCCCCCCCCC)COP(=O)(O)OC[C@H](N)C(=O)O. The van der Waals surface area contributed by atoms with Gasteiger partial charge in [0.1, 0.15) is 12.6 Å². The Morgan fingerprint density at radius 1 is 0.577 bits per heavy atom. The van der Waals surface area contributed by atoms with E-state index in [1.165, 1.54) is 96.3 Å². The first-order chi connectivity index (χ1) is 25.1. The molecule has 0 aromatic rings. The van der Waals surface area contributed by atoms with Crippen LogP contribution in [0.4, 0.5) is 0 Å². The molecule has 0 fully saturated rings. The Labute approximate surface area is 316 Å². The van der Waals surface area contributed by atoms with E-state index in [2.05, 4.69) is 30.5 Å². The summed E-state index contributed by atoms with van der Waals surface area (Å²) in [5.74, 6) is -2.38. The van der Waals surface area contributed by atoms with Crippen LogP contribution in [-0.4, -0.2) is 59.9 Å². The fourth-order valence-corrected chi connectivity index (χ4v) is 6.48. The lowest BCUT2D eigenvalue weighted by Gasteiger charge is -2.20. The number of aliphatic carboxylic acids is 1. The molecule has 0 heterocycles. The van der Waals surface area contributed by atoms with Gasteiger partial charge in [-0.2, -0.15) is 0 Å². The van der Waals surface area contributed by atoms with Crippen LogP contribution >= 0.6 is 7.82 Å². The highest BCUT2D eigenvalue weighted by atomic mass is 31.2. The molecule has 0 aliphatic carbocycles. The zero-order valence-corrected chi connectivity index (χ0v) is 33.8. The van der Waals surface area contributed by atoms with Crippen LogP contribution in [0.3, 0.4) is 0 Å². The standard InChI is InChI=1S/C40H76NO10P/c1-3-5-7-9-11-13-15-17-18-20-22-24-26-28-30-32-39(43)51-36(34-49-52(46,47)50-35-37(41)40(44)45)33-48-38(42)31-29-27-25-23-21-19-16-14-12-10-8-6-4-2/h17-18,36-37H,3-16,19-35,41H2,1-2H3,(H,44,45)(H,46,47)/b18-17-/t36-,37-/m0/s1. The average Bonchev–Trinajstić information content (AvgIpc) is 3.12. The minimum Gasteiger partial charge on any atom is -0.480 e. The third-order valence-corrected chi connectivity index (χ3v) is 9.96. The molecule has 0 radical (unpaired) electrons. The van der Waals surface area contributed by atoms with E-state index >= 15 is 0 Å². The summed E-state index contributed by atoms with van der Waals surface area (Å²) in [5.41, 5.74) is 5.32. The summed E-state index contributed by atoms with van der Waals surface area (Å²) in [6, 6.07) is -1.52. The highest BCUT2D eigenvalue weighted by molar-refractivity contribution is 7.47. The summed E-state index contributed by atoms with van der Waals surface area (Å²) < 4.78 is 32.6. The third kappa shape index (κ3) is 35.3. The fraction of sp³-hybridized carbons (Fsp3) is 0.875. The van der Waals surface area contributed by atoms with Gasteiger partial charge in [-0.25, -0.2) is 4.57 Å². The maximum absolute atomic E-state index is 12.6. The molecular formula is C40H76NO10P. The highest BCUT2D eigenvalue weighted by Crippen LogP contribution is 2.43. The first-order valence-electron chi connectivity index (χ1n) is 20.7. The van der Waals surface area contributed by atoms with Gasteiger partial charge in [0.05, 0.1) is 13.2 Å². The van der Waals surface area contributed by atoms with Gasteiger partial charge in [0, 0.05) is 12.8 Å². The second kappa shape index (κ2) is 36.2. The maximum Gasteiger partial charge on any atom is 0.472 e. The molecule has 0 aromatic carbocycles. The number of carboxylic acids is 1. The molecule has 4 N–H and O–H groups in total. The Balaban J connectivity index is 4.39. The van der Waals surface area contributed by atoms with Crippen molar-refractivity contribution >= 4 is 25.7 Å². The number of unbranched alkanes of at least 4 members (excludes halogenated alkanes) is 23. The van der Waals surface area contributed by atoms with Gasteiger partial charge in [-0.15, -0.1) is 0 Å². The normalized spacial score (nSPS) is 13.9. The van der Waals surface area contributed by atoms with Gasteiger partial charge in [0.2, 0.25) is 0 Å². The van der Waals surface area contributed by atoms with Gasteiger partial charge in [0.25, 0.3) is 0 Å². The van der Waals surface area contributed by atoms with Crippen LogP contribution in [0, 0.1) is 0 Å². The molecule has 0 rings (SSSR count). The smallest absolute Gasteiger partial charge is 0.472 e. The largest absolute Gasteiger partial charge is 0.480 e. The van der Waals surface area contributed by atoms with E-state index < -0.39 is 51.1 Å². The van der Waals surface area contributed by atoms with Gasteiger partial charge in [-0.05, 0) is 38.5 Å². The second-order valence-electron chi connectivity index (χ2n) is 14.1. The number of carbonyl (C=O) groups is 3. The molecule has 3 atom stereocenters. The number of allylic oxidation sites excluding steroid dienone is 2. The molecule has 0 aromatic heterocycles. The van der Waals surface area contributed by atoms with Crippen LogP contribution in [-0.2, 0) is 37.5 Å². The van der Waals surface area contributed by atoms with Gasteiger partial charge in [-0.1, -0.05) is 154 Å².